The maximum absolute atomic E-state index is 5.08. The summed E-state index contributed by atoms with van der Waals surface area (Å²) >= 11 is 1.80. The maximum Gasteiger partial charge on any atom is 0.164 e. The predicted octanol–water partition coefficient (Wildman–Crippen LogP) is 14.2. The van der Waals surface area contributed by atoms with Crippen LogP contribution in [0.2, 0.25) is 0 Å². The quantitative estimate of drug-likeness (QED) is 0.168. The number of nitrogens with zero attached hydrogens (tertiary/aromatic N) is 5. The Bertz CT molecular complexity index is 3440. The van der Waals surface area contributed by atoms with Gasteiger partial charge in [-0.15, -0.1) is 11.3 Å². The molecule has 0 bridgehead atoms. The van der Waals surface area contributed by atoms with Crippen molar-refractivity contribution in [2.24, 2.45) is 0 Å². The molecule has 0 amide bonds. The molecular formula is C55H37N5S. The molecule has 0 saturated heterocycles. The molecule has 0 saturated carbocycles. The van der Waals surface area contributed by atoms with Crippen LogP contribution < -0.4 is 0 Å². The minimum absolute atomic E-state index is 0.154. The SMILES string of the molecule is CC1(C)c2cc(-c3ccc4c(c3)c3ccccc3n4-c3cccc(-c4nc(-c5ccccc5)nc(-c5ccccc5)n4)c3)ccc2-c2c1ccc1nc(-c3ccccc3)sc21. The van der Waals surface area contributed by atoms with Crippen LogP contribution in [-0.2, 0) is 5.41 Å². The van der Waals surface area contributed by atoms with E-state index in [9.17, 15) is 0 Å². The highest BCUT2D eigenvalue weighted by Crippen LogP contribution is 2.53. The predicted molar refractivity (Wildman–Crippen MR) is 252 cm³/mol. The Morgan fingerprint density at radius 3 is 1.74 bits per heavy atom. The molecule has 6 heteroatoms. The minimum Gasteiger partial charge on any atom is -0.309 e. The lowest BCUT2D eigenvalue weighted by Crippen LogP contribution is -2.14. The summed E-state index contributed by atoms with van der Waals surface area (Å²) in [5, 5.41) is 3.48. The van der Waals surface area contributed by atoms with Gasteiger partial charge < -0.3 is 4.57 Å². The normalized spacial score (nSPS) is 12.9. The first-order valence-corrected chi connectivity index (χ1v) is 21.5. The van der Waals surface area contributed by atoms with Gasteiger partial charge in [0, 0.05) is 49.7 Å². The van der Waals surface area contributed by atoms with Crippen LogP contribution in [0.4, 0.5) is 0 Å². The van der Waals surface area contributed by atoms with E-state index in [1.54, 1.807) is 11.3 Å². The summed E-state index contributed by atoms with van der Waals surface area (Å²) in [7, 11) is 0. The molecule has 0 fully saturated rings. The van der Waals surface area contributed by atoms with Crippen molar-refractivity contribution in [3.05, 3.63) is 199 Å². The van der Waals surface area contributed by atoms with E-state index in [0.717, 1.165) is 49.5 Å². The number of fused-ring (bicyclic) bond motifs is 8. The fraction of sp³-hybridized carbons (Fsp3) is 0.0545. The van der Waals surface area contributed by atoms with Gasteiger partial charge in [0.25, 0.3) is 0 Å². The first kappa shape index (κ1) is 35.4. The Morgan fingerprint density at radius 1 is 0.426 bits per heavy atom. The molecule has 61 heavy (non-hydrogen) atoms. The lowest BCUT2D eigenvalue weighted by molar-refractivity contribution is 0.661. The van der Waals surface area contributed by atoms with Crippen LogP contribution in [0, 0.1) is 0 Å². The zero-order chi connectivity index (χ0) is 40.7. The van der Waals surface area contributed by atoms with Crippen LogP contribution in [0.3, 0.4) is 0 Å². The van der Waals surface area contributed by atoms with Crippen LogP contribution in [0.5, 0.6) is 0 Å². The second kappa shape index (κ2) is 13.8. The van der Waals surface area contributed by atoms with Crippen LogP contribution in [0.1, 0.15) is 25.0 Å². The maximum atomic E-state index is 5.08. The smallest absolute Gasteiger partial charge is 0.164 e. The van der Waals surface area contributed by atoms with E-state index in [1.165, 1.54) is 48.9 Å². The van der Waals surface area contributed by atoms with Crippen molar-refractivity contribution in [1.82, 2.24) is 24.5 Å². The molecule has 1 aliphatic carbocycles. The van der Waals surface area contributed by atoms with Crippen LogP contribution in [0.15, 0.2) is 188 Å². The van der Waals surface area contributed by atoms with E-state index in [4.69, 9.17) is 19.9 Å². The molecule has 0 unspecified atom stereocenters. The van der Waals surface area contributed by atoms with Gasteiger partial charge in [-0.1, -0.05) is 159 Å². The Balaban J connectivity index is 0.958. The van der Waals surface area contributed by atoms with Gasteiger partial charge in [-0.3, -0.25) is 0 Å². The van der Waals surface area contributed by atoms with Crippen molar-refractivity contribution in [3.8, 4) is 72.7 Å². The molecule has 1 aliphatic rings. The van der Waals surface area contributed by atoms with Crippen molar-refractivity contribution in [2.45, 2.75) is 19.3 Å². The molecule has 12 rings (SSSR count). The largest absolute Gasteiger partial charge is 0.309 e. The summed E-state index contributed by atoms with van der Waals surface area (Å²) in [6.45, 7) is 4.72. The number of hydrogen-bond donors (Lipinski definition) is 0. The molecule has 0 aliphatic heterocycles. The molecule has 5 nitrogen and oxygen atoms in total. The van der Waals surface area contributed by atoms with Gasteiger partial charge in [0.1, 0.15) is 5.01 Å². The number of rotatable bonds is 6. The Labute approximate surface area is 357 Å². The second-order valence-electron chi connectivity index (χ2n) is 16.3. The van der Waals surface area contributed by atoms with E-state index < -0.39 is 0 Å². The topological polar surface area (TPSA) is 56.5 Å². The van der Waals surface area contributed by atoms with Gasteiger partial charge in [-0.2, -0.15) is 0 Å². The van der Waals surface area contributed by atoms with E-state index in [0.29, 0.717) is 17.5 Å². The summed E-state index contributed by atoms with van der Waals surface area (Å²) in [6.07, 6.45) is 0. The third kappa shape index (κ3) is 5.75. The van der Waals surface area contributed by atoms with Crippen molar-refractivity contribution < 1.29 is 0 Å². The van der Waals surface area contributed by atoms with Gasteiger partial charge in [0.2, 0.25) is 0 Å². The Morgan fingerprint density at radius 2 is 1.02 bits per heavy atom. The van der Waals surface area contributed by atoms with Crippen molar-refractivity contribution in [3.63, 3.8) is 0 Å². The summed E-state index contributed by atoms with van der Waals surface area (Å²) in [5.41, 5.74) is 16.0. The number of para-hydroxylation sites is 1. The molecule has 3 heterocycles. The van der Waals surface area contributed by atoms with Gasteiger partial charge in [0.15, 0.2) is 17.5 Å². The summed E-state index contributed by atoms with van der Waals surface area (Å²) in [5.74, 6) is 1.92. The van der Waals surface area contributed by atoms with Crippen molar-refractivity contribution in [2.75, 3.05) is 0 Å². The van der Waals surface area contributed by atoms with Crippen molar-refractivity contribution in [1.29, 1.82) is 0 Å². The summed E-state index contributed by atoms with van der Waals surface area (Å²) in [6, 6.07) is 66.5. The fourth-order valence-electron chi connectivity index (χ4n) is 9.24. The molecule has 11 aromatic rings. The first-order valence-electron chi connectivity index (χ1n) is 20.6. The monoisotopic (exact) mass is 799 g/mol. The molecule has 0 atom stereocenters. The molecule has 8 aromatic carbocycles. The van der Waals surface area contributed by atoms with Gasteiger partial charge >= 0.3 is 0 Å². The summed E-state index contributed by atoms with van der Waals surface area (Å²) in [4.78, 5) is 20.1. The number of benzene rings is 8. The van der Waals surface area contributed by atoms with E-state index in [2.05, 4.69) is 146 Å². The lowest BCUT2D eigenvalue weighted by Gasteiger charge is -2.22. The highest BCUT2D eigenvalue weighted by molar-refractivity contribution is 7.22. The molecule has 3 aromatic heterocycles. The van der Waals surface area contributed by atoms with E-state index in [1.807, 2.05) is 60.7 Å². The lowest BCUT2D eigenvalue weighted by atomic mass is 9.81. The molecule has 0 N–H and O–H groups in total. The minimum atomic E-state index is -0.154. The first-order chi connectivity index (χ1) is 30.0. The Hall–Kier alpha value is -7.54. The highest BCUT2D eigenvalue weighted by atomic mass is 32.1. The third-order valence-electron chi connectivity index (χ3n) is 12.3. The average Bonchev–Trinajstić information content (AvgIpc) is 3.98. The van der Waals surface area contributed by atoms with Gasteiger partial charge in [-0.25, -0.2) is 19.9 Å². The van der Waals surface area contributed by atoms with E-state index >= 15 is 0 Å². The average molecular weight is 800 g/mol. The van der Waals surface area contributed by atoms with Crippen LogP contribution >= 0.6 is 11.3 Å². The third-order valence-corrected chi connectivity index (χ3v) is 13.4. The van der Waals surface area contributed by atoms with Gasteiger partial charge in [0.05, 0.1) is 21.3 Å². The van der Waals surface area contributed by atoms with Crippen molar-refractivity contribution >= 4 is 43.4 Å². The number of hydrogen-bond acceptors (Lipinski definition) is 5. The highest BCUT2D eigenvalue weighted by Gasteiger charge is 2.37. The molecule has 288 valence electrons. The fourth-order valence-corrected chi connectivity index (χ4v) is 10.4. The Kier molecular flexibility index (Phi) is 7.99. The van der Waals surface area contributed by atoms with E-state index in [-0.39, 0.29) is 5.41 Å². The van der Waals surface area contributed by atoms with Crippen LogP contribution in [-0.4, -0.2) is 24.5 Å². The number of thiazole rings is 1. The second-order valence-corrected chi connectivity index (χ2v) is 17.3. The van der Waals surface area contributed by atoms with Crippen LogP contribution in [0.25, 0.3) is 105 Å². The molecule has 0 radical (unpaired) electrons. The zero-order valence-corrected chi connectivity index (χ0v) is 34.4. The molecular weight excluding hydrogens is 763 g/mol. The number of aromatic nitrogens is 5. The summed E-state index contributed by atoms with van der Waals surface area (Å²) < 4.78 is 3.62. The zero-order valence-electron chi connectivity index (χ0n) is 33.5. The molecule has 0 spiro atoms. The standard InChI is InChI=1S/C55H37N5S/c1-55(2)44-28-29-46-50(61-54(56-46)36-19-10-5-11-20-36)49(44)42-27-25-38(33-45(42)55)37-26-30-48-43(32-37)41-23-12-13-24-47(41)60(48)40-22-14-21-39(31-40)53-58-51(34-15-6-3-7-16-34)57-52(59-53)35-17-8-4-9-18-35/h3-33H,1-2H3. The van der Waals surface area contributed by atoms with Gasteiger partial charge in [-0.05, 0) is 70.3 Å².